The maximum absolute atomic E-state index is 11.5. The number of anilines is 1. The minimum Gasteiger partial charge on any atom is -0.462 e. The van der Waals surface area contributed by atoms with Gasteiger partial charge in [-0.1, -0.05) is 19.3 Å². The number of rotatable bonds is 4. The van der Waals surface area contributed by atoms with Crippen molar-refractivity contribution in [1.82, 2.24) is 9.97 Å². The molecular weight excluding hydrogens is 242 g/mol. The summed E-state index contributed by atoms with van der Waals surface area (Å²) in [5.74, 6) is 0.204. The van der Waals surface area contributed by atoms with Gasteiger partial charge in [0.05, 0.1) is 12.2 Å². The Morgan fingerprint density at radius 2 is 1.95 bits per heavy atom. The van der Waals surface area contributed by atoms with E-state index in [2.05, 4.69) is 22.2 Å². The van der Waals surface area contributed by atoms with Crippen LogP contribution in [0.2, 0.25) is 0 Å². The van der Waals surface area contributed by atoms with E-state index in [1.807, 2.05) is 0 Å². The van der Waals surface area contributed by atoms with E-state index in [0.717, 1.165) is 12.8 Å². The summed E-state index contributed by atoms with van der Waals surface area (Å²) in [6.07, 6.45) is 9.08. The molecule has 0 radical (unpaired) electrons. The van der Waals surface area contributed by atoms with Crippen LogP contribution in [0.25, 0.3) is 0 Å². The lowest BCUT2D eigenvalue weighted by molar-refractivity contribution is 0.0525. The number of nitrogens with one attached hydrogen (secondary N) is 1. The number of carbonyl (C=O) groups is 1. The fourth-order valence-corrected chi connectivity index (χ4v) is 2.44. The van der Waals surface area contributed by atoms with E-state index in [4.69, 9.17) is 4.74 Å². The molecule has 2 rings (SSSR count). The lowest BCUT2D eigenvalue weighted by Crippen LogP contribution is -2.37. The first-order valence-corrected chi connectivity index (χ1v) is 6.90. The molecule has 19 heavy (non-hydrogen) atoms. The summed E-state index contributed by atoms with van der Waals surface area (Å²) in [7, 11) is 0. The van der Waals surface area contributed by atoms with Gasteiger partial charge in [-0.15, -0.1) is 0 Å². The van der Waals surface area contributed by atoms with Gasteiger partial charge in [-0.25, -0.2) is 14.8 Å². The van der Waals surface area contributed by atoms with Gasteiger partial charge in [0.15, 0.2) is 0 Å². The highest BCUT2D eigenvalue weighted by molar-refractivity contribution is 5.88. The SMILES string of the molecule is CCOC(=O)c1cnc(NC2(C)CCCCC2)nc1. The highest BCUT2D eigenvalue weighted by Crippen LogP contribution is 2.30. The molecule has 0 spiro atoms. The van der Waals surface area contributed by atoms with E-state index in [1.54, 1.807) is 6.92 Å². The lowest BCUT2D eigenvalue weighted by atomic mass is 9.83. The zero-order chi connectivity index (χ0) is 13.7. The minimum atomic E-state index is -0.377. The summed E-state index contributed by atoms with van der Waals surface area (Å²) in [5.41, 5.74) is 0.463. The van der Waals surface area contributed by atoms with Crippen LogP contribution in [0.4, 0.5) is 5.95 Å². The van der Waals surface area contributed by atoms with E-state index in [0.29, 0.717) is 18.1 Å². The van der Waals surface area contributed by atoms with Crippen LogP contribution < -0.4 is 5.32 Å². The van der Waals surface area contributed by atoms with Crippen LogP contribution in [0.1, 0.15) is 56.3 Å². The standard InChI is InChI=1S/C14H21N3O2/c1-3-19-12(18)11-9-15-13(16-10-11)17-14(2)7-5-4-6-8-14/h9-10H,3-8H2,1-2H3,(H,15,16,17). The molecule has 1 aliphatic rings. The second-order valence-corrected chi connectivity index (χ2v) is 5.26. The van der Waals surface area contributed by atoms with Crippen molar-refractivity contribution in [3.05, 3.63) is 18.0 Å². The number of nitrogens with zero attached hydrogens (tertiary/aromatic N) is 2. The third-order valence-corrected chi connectivity index (χ3v) is 3.53. The molecule has 0 aromatic carbocycles. The Bertz CT molecular complexity index is 425. The largest absolute Gasteiger partial charge is 0.462 e. The molecule has 1 N–H and O–H groups in total. The van der Waals surface area contributed by atoms with Gasteiger partial charge in [-0.2, -0.15) is 0 Å². The Hall–Kier alpha value is -1.65. The highest BCUT2D eigenvalue weighted by Gasteiger charge is 2.27. The smallest absolute Gasteiger partial charge is 0.341 e. The first-order chi connectivity index (χ1) is 9.13. The number of ether oxygens (including phenoxy) is 1. The normalized spacial score (nSPS) is 17.8. The summed E-state index contributed by atoms with van der Waals surface area (Å²) in [6, 6.07) is 0. The fraction of sp³-hybridized carbons (Fsp3) is 0.643. The zero-order valence-corrected chi connectivity index (χ0v) is 11.6. The molecule has 5 heteroatoms. The van der Waals surface area contributed by atoms with Crippen molar-refractivity contribution in [3.8, 4) is 0 Å². The molecule has 104 valence electrons. The highest BCUT2D eigenvalue weighted by atomic mass is 16.5. The summed E-state index contributed by atoms with van der Waals surface area (Å²) in [6.45, 7) is 4.34. The first-order valence-electron chi connectivity index (χ1n) is 6.90. The Morgan fingerprint density at radius 1 is 1.32 bits per heavy atom. The van der Waals surface area contributed by atoms with Crippen LogP contribution >= 0.6 is 0 Å². The molecule has 5 nitrogen and oxygen atoms in total. The Kier molecular flexibility index (Phi) is 4.35. The van der Waals surface area contributed by atoms with E-state index in [-0.39, 0.29) is 11.5 Å². The van der Waals surface area contributed by atoms with Crippen LogP contribution in [0, 0.1) is 0 Å². The van der Waals surface area contributed by atoms with Crippen molar-refractivity contribution in [2.24, 2.45) is 0 Å². The average molecular weight is 263 g/mol. The molecule has 0 aliphatic heterocycles. The van der Waals surface area contributed by atoms with Crippen molar-refractivity contribution >= 4 is 11.9 Å². The average Bonchev–Trinajstić information content (AvgIpc) is 2.40. The minimum absolute atomic E-state index is 0.0731. The van der Waals surface area contributed by atoms with Crippen LogP contribution in [-0.4, -0.2) is 28.1 Å². The maximum atomic E-state index is 11.5. The molecule has 0 saturated heterocycles. The van der Waals surface area contributed by atoms with Gasteiger partial charge in [0, 0.05) is 17.9 Å². The molecule has 0 amide bonds. The van der Waals surface area contributed by atoms with E-state index < -0.39 is 0 Å². The molecule has 0 unspecified atom stereocenters. The predicted molar refractivity (Wildman–Crippen MR) is 73.1 cm³/mol. The van der Waals surface area contributed by atoms with E-state index >= 15 is 0 Å². The Balaban J connectivity index is 2.00. The molecule has 1 saturated carbocycles. The molecular formula is C14H21N3O2. The Labute approximate surface area is 113 Å². The van der Waals surface area contributed by atoms with E-state index in [1.165, 1.54) is 31.7 Å². The lowest BCUT2D eigenvalue weighted by Gasteiger charge is -2.34. The number of carbonyl (C=O) groups excluding carboxylic acids is 1. The maximum Gasteiger partial charge on any atom is 0.341 e. The number of hydrogen-bond donors (Lipinski definition) is 1. The van der Waals surface area contributed by atoms with Crippen molar-refractivity contribution in [2.45, 2.75) is 51.5 Å². The zero-order valence-electron chi connectivity index (χ0n) is 11.6. The first kappa shape index (κ1) is 13.8. The third-order valence-electron chi connectivity index (χ3n) is 3.53. The number of hydrogen-bond acceptors (Lipinski definition) is 5. The second-order valence-electron chi connectivity index (χ2n) is 5.26. The van der Waals surface area contributed by atoms with Gasteiger partial charge >= 0.3 is 5.97 Å². The van der Waals surface area contributed by atoms with Gasteiger partial charge in [-0.05, 0) is 26.7 Å². The van der Waals surface area contributed by atoms with Gasteiger partial charge in [0.1, 0.15) is 0 Å². The summed E-state index contributed by atoms with van der Waals surface area (Å²) in [4.78, 5) is 19.9. The topological polar surface area (TPSA) is 64.1 Å². The molecule has 1 aromatic rings. The van der Waals surface area contributed by atoms with Gasteiger partial charge in [0.2, 0.25) is 5.95 Å². The molecule has 0 bridgehead atoms. The molecule has 1 fully saturated rings. The van der Waals surface area contributed by atoms with Crippen LogP contribution in [0.15, 0.2) is 12.4 Å². The van der Waals surface area contributed by atoms with Gasteiger partial charge < -0.3 is 10.1 Å². The number of aromatic nitrogens is 2. The van der Waals surface area contributed by atoms with Gasteiger partial charge in [0.25, 0.3) is 0 Å². The van der Waals surface area contributed by atoms with Crippen molar-refractivity contribution in [1.29, 1.82) is 0 Å². The third kappa shape index (κ3) is 3.66. The summed E-state index contributed by atoms with van der Waals surface area (Å²) < 4.78 is 4.90. The fourth-order valence-electron chi connectivity index (χ4n) is 2.44. The monoisotopic (exact) mass is 263 g/mol. The van der Waals surface area contributed by atoms with Crippen LogP contribution in [0.3, 0.4) is 0 Å². The van der Waals surface area contributed by atoms with Crippen molar-refractivity contribution < 1.29 is 9.53 Å². The second kappa shape index (κ2) is 5.99. The predicted octanol–water partition coefficient (Wildman–Crippen LogP) is 2.79. The van der Waals surface area contributed by atoms with E-state index in [9.17, 15) is 4.79 Å². The molecule has 1 aromatic heterocycles. The van der Waals surface area contributed by atoms with Crippen LogP contribution in [0.5, 0.6) is 0 Å². The summed E-state index contributed by atoms with van der Waals surface area (Å²) >= 11 is 0. The van der Waals surface area contributed by atoms with Crippen molar-refractivity contribution in [2.75, 3.05) is 11.9 Å². The molecule has 0 atom stereocenters. The number of esters is 1. The quantitative estimate of drug-likeness (QED) is 0.846. The van der Waals surface area contributed by atoms with Crippen molar-refractivity contribution in [3.63, 3.8) is 0 Å². The van der Waals surface area contributed by atoms with Gasteiger partial charge in [-0.3, -0.25) is 0 Å². The molecule has 1 aliphatic carbocycles. The summed E-state index contributed by atoms with van der Waals surface area (Å²) in [5, 5.41) is 3.38. The van der Waals surface area contributed by atoms with Crippen LogP contribution in [-0.2, 0) is 4.74 Å². The Morgan fingerprint density at radius 3 is 2.53 bits per heavy atom. The molecule has 1 heterocycles.